The lowest BCUT2D eigenvalue weighted by atomic mass is 9.89. The molecule has 0 spiro atoms. The Balaban J connectivity index is 1.96. The predicted molar refractivity (Wildman–Crippen MR) is 120 cm³/mol. The molecular formula is C24H31NO4Si. The van der Waals surface area contributed by atoms with Crippen LogP contribution in [0.25, 0.3) is 0 Å². The molecule has 1 heterocycles. The Kier molecular flexibility index (Phi) is 6.78. The second-order valence-corrected chi connectivity index (χ2v) is 12.6. The second-order valence-electron chi connectivity index (χ2n) is 7.88. The fourth-order valence-electron chi connectivity index (χ4n) is 4.03. The van der Waals surface area contributed by atoms with E-state index in [0.717, 1.165) is 35.0 Å². The van der Waals surface area contributed by atoms with Gasteiger partial charge in [0.1, 0.15) is 5.75 Å². The number of nitrogens with zero attached hydrogens (tertiary/aromatic N) is 1. The Morgan fingerprint density at radius 3 is 2.03 bits per heavy atom. The van der Waals surface area contributed by atoms with Crippen molar-refractivity contribution >= 4 is 20.1 Å². The number of aryl methyl sites for hydroxylation is 1. The Hall–Kier alpha value is -2.44. The van der Waals surface area contributed by atoms with Gasteiger partial charge in [-0.15, -0.1) is 0 Å². The van der Waals surface area contributed by atoms with Gasteiger partial charge in [0.25, 0.3) is 11.8 Å². The standard InChI is InChI=1S/C24H31NO4Si/c1-6-30(7-2,8-3)29-22-21(18-13-15-20(28-5)16-14-18)25(24(22)27)23(26)19-11-9-17(4)10-12-19/h9-16,21-22H,6-8H2,1-5H3. The number of likely N-dealkylation sites (tertiary alicyclic amines) is 1. The van der Waals surface area contributed by atoms with Crippen LogP contribution in [0.5, 0.6) is 5.75 Å². The largest absolute Gasteiger partial charge is 0.497 e. The quantitative estimate of drug-likeness (QED) is 0.335. The Labute approximate surface area is 180 Å². The van der Waals surface area contributed by atoms with Crippen LogP contribution in [0.3, 0.4) is 0 Å². The smallest absolute Gasteiger partial charge is 0.261 e. The summed E-state index contributed by atoms with van der Waals surface area (Å²) < 4.78 is 11.8. The zero-order valence-electron chi connectivity index (χ0n) is 18.5. The van der Waals surface area contributed by atoms with Crippen molar-refractivity contribution in [2.75, 3.05) is 7.11 Å². The van der Waals surface area contributed by atoms with Gasteiger partial charge in [-0.05, 0) is 54.9 Å². The van der Waals surface area contributed by atoms with Crippen LogP contribution in [0.15, 0.2) is 48.5 Å². The summed E-state index contributed by atoms with van der Waals surface area (Å²) in [5.41, 5.74) is 2.46. The first kappa shape index (κ1) is 22.2. The highest BCUT2D eigenvalue weighted by molar-refractivity contribution is 6.73. The van der Waals surface area contributed by atoms with E-state index in [1.807, 2.05) is 43.3 Å². The van der Waals surface area contributed by atoms with Gasteiger partial charge in [0.05, 0.1) is 13.2 Å². The summed E-state index contributed by atoms with van der Waals surface area (Å²) >= 11 is 0. The fraction of sp³-hybridized carbons (Fsp3) is 0.417. The van der Waals surface area contributed by atoms with Crippen LogP contribution < -0.4 is 4.74 Å². The first-order valence-corrected chi connectivity index (χ1v) is 13.2. The number of ether oxygens (including phenoxy) is 1. The van der Waals surface area contributed by atoms with Crippen molar-refractivity contribution in [2.45, 2.75) is 58.0 Å². The third-order valence-electron chi connectivity index (χ3n) is 6.33. The number of imide groups is 1. The molecule has 2 unspecified atom stereocenters. The molecule has 5 nitrogen and oxygen atoms in total. The van der Waals surface area contributed by atoms with E-state index in [0.29, 0.717) is 5.56 Å². The normalized spacial score (nSPS) is 18.8. The van der Waals surface area contributed by atoms with Gasteiger partial charge >= 0.3 is 0 Å². The maximum absolute atomic E-state index is 13.2. The van der Waals surface area contributed by atoms with Gasteiger partial charge < -0.3 is 9.16 Å². The Bertz CT molecular complexity index is 882. The molecule has 1 fully saturated rings. The first-order chi connectivity index (χ1) is 14.4. The lowest BCUT2D eigenvalue weighted by molar-refractivity contribution is -0.158. The minimum absolute atomic E-state index is 0.242. The Morgan fingerprint density at radius 1 is 0.967 bits per heavy atom. The van der Waals surface area contributed by atoms with Crippen LogP contribution in [0.2, 0.25) is 18.1 Å². The molecule has 0 radical (unpaired) electrons. The molecule has 30 heavy (non-hydrogen) atoms. The number of carbonyl (C=O) groups is 2. The molecule has 0 N–H and O–H groups in total. The highest BCUT2D eigenvalue weighted by atomic mass is 28.4. The number of β-lactam (4-membered cyclic amide) rings is 1. The van der Waals surface area contributed by atoms with E-state index in [4.69, 9.17) is 9.16 Å². The monoisotopic (exact) mass is 425 g/mol. The molecule has 2 aromatic carbocycles. The van der Waals surface area contributed by atoms with Gasteiger partial charge in [0.2, 0.25) is 0 Å². The number of hydrogen-bond donors (Lipinski definition) is 0. The summed E-state index contributed by atoms with van der Waals surface area (Å²) in [4.78, 5) is 27.7. The lowest BCUT2D eigenvalue weighted by Gasteiger charge is -2.48. The van der Waals surface area contributed by atoms with E-state index < -0.39 is 20.5 Å². The zero-order valence-corrected chi connectivity index (χ0v) is 19.5. The summed E-state index contributed by atoms with van der Waals surface area (Å²) in [5, 5.41) is 0. The van der Waals surface area contributed by atoms with Gasteiger partial charge in [-0.1, -0.05) is 50.6 Å². The molecule has 1 saturated heterocycles. The van der Waals surface area contributed by atoms with Crippen LogP contribution in [-0.4, -0.2) is 38.2 Å². The third kappa shape index (κ3) is 4.07. The van der Waals surface area contributed by atoms with E-state index in [1.165, 1.54) is 4.90 Å². The van der Waals surface area contributed by atoms with Crippen LogP contribution in [0.1, 0.15) is 48.3 Å². The second kappa shape index (κ2) is 9.14. The number of hydrogen-bond acceptors (Lipinski definition) is 4. The lowest BCUT2D eigenvalue weighted by Crippen LogP contribution is -2.64. The van der Waals surface area contributed by atoms with Gasteiger partial charge in [0.15, 0.2) is 14.4 Å². The molecule has 0 bridgehead atoms. The maximum Gasteiger partial charge on any atom is 0.261 e. The van der Waals surface area contributed by atoms with Crippen molar-refractivity contribution in [3.05, 3.63) is 65.2 Å². The summed E-state index contributed by atoms with van der Waals surface area (Å²) in [5.74, 6) is 0.212. The van der Waals surface area contributed by atoms with Crippen LogP contribution in [0.4, 0.5) is 0 Å². The number of carbonyl (C=O) groups excluding carboxylic acids is 2. The minimum Gasteiger partial charge on any atom is -0.497 e. The van der Waals surface area contributed by atoms with Gasteiger partial charge in [-0.2, -0.15) is 0 Å². The molecule has 0 saturated carbocycles. The number of methoxy groups -OCH3 is 1. The molecule has 2 aromatic rings. The molecule has 0 aliphatic carbocycles. The van der Waals surface area contributed by atoms with Crippen molar-refractivity contribution in [1.82, 2.24) is 4.90 Å². The summed E-state index contributed by atoms with van der Waals surface area (Å²) in [6.45, 7) is 8.39. The van der Waals surface area contributed by atoms with E-state index >= 15 is 0 Å². The van der Waals surface area contributed by atoms with Crippen LogP contribution >= 0.6 is 0 Å². The summed E-state index contributed by atoms with van der Waals surface area (Å²) in [7, 11) is -0.403. The SMILES string of the molecule is CC[Si](CC)(CC)OC1C(=O)N(C(=O)c2ccc(C)cc2)C1c1ccc(OC)cc1. The highest BCUT2D eigenvalue weighted by Crippen LogP contribution is 2.41. The fourth-order valence-corrected chi connectivity index (χ4v) is 6.80. The third-order valence-corrected chi connectivity index (χ3v) is 11.0. The van der Waals surface area contributed by atoms with Gasteiger partial charge in [0, 0.05) is 5.56 Å². The van der Waals surface area contributed by atoms with E-state index in [1.54, 1.807) is 19.2 Å². The van der Waals surface area contributed by atoms with Crippen molar-refractivity contribution in [3.8, 4) is 5.75 Å². The van der Waals surface area contributed by atoms with Crippen LogP contribution in [0, 0.1) is 6.92 Å². The van der Waals surface area contributed by atoms with E-state index in [9.17, 15) is 9.59 Å². The maximum atomic E-state index is 13.2. The summed E-state index contributed by atoms with van der Waals surface area (Å²) in [6.07, 6.45) is -0.612. The molecular weight excluding hydrogens is 394 g/mol. The molecule has 3 rings (SSSR count). The molecule has 0 aromatic heterocycles. The van der Waals surface area contributed by atoms with E-state index in [2.05, 4.69) is 20.8 Å². The number of benzene rings is 2. The van der Waals surface area contributed by atoms with Crippen molar-refractivity contribution in [3.63, 3.8) is 0 Å². The topological polar surface area (TPSA) is 55.8 Å². The van der Waals surface area contributed by atoms with Gasteiger partial charge in [-0.3, -0.25) is 14.5 Å². The van der Waals surface area contributed by atoms with Crippen molar-refractivity contribution < 1.29 is 18.8 Å². The van der Waals surface area contributed by atoms with Crippen LogP contribution in [-0.2, 0) is 9.22 Å². The average Bonchev–Trinajstić information content (AvgIpc) is 2.79. The first-order valence-electron chi connectivity index (χ1n) is 10.7. The molecule has 160 valence electrons. The van der Waals surface area contributed by atoms with E-state index in [-0.39, 0.29) is 11.8 Å². The molecule has 6 heteroatoms. The number of amides is 2. The average molecular weight is 426 g/mol. The molecule has 2 amide bonds. The molecule has 2 atom stereocenters. The zero-order chi connectivity index (χ0) is 21.9. The number of rotatable bonds is 8. The van der Waals surface area contributed by atoms with Gasteiger partial charge in [-0.25, -0.2) is 0 Å². The Morgan fingerprint density at radius 2 is 1.53 bits per heavy atom. The predicted octanol–water partition coefficient (Wildman–Crippen LogP) is 5.12. The minimum atomic E-state index is -2.02. The van der Waals surface area contributed by atoms with Crippen molar-refractivity contribution in [1.29, 1.82) is 0 Å². The molecule has 1 aliphatic rings. The molecule has 1 aliphatic heterocycles. The van der Waals surface area contributed by atoms with Crippen molar-refractivity contribution in [2.24, 2.45) is 0 Å². The summed E-state index contributed by atoms with van der Waals surface area (Å²) in [6, 6.07) is 17.3. The highest BCUT2D eigenvalue weighted by Gasteiger charge is 2.54.